The third-order valence-corrected chi connectivity index (χ3v) is 3.81. The van der Waals surface area contributed by atoms with Gasteiger partial charge in [0, 0.05) is 6.20 Å². The number of hydrogen-bond acceptors (Lipinski definition) is 5. The Morgan fingerprint density at radius 2 is 2.00 bits per heavy atom. The van der Waals surface area contributed by atoms with Gasteiger partial charge in [0.2, 0.25) is 10.0 Å². The molecule has 7 nitrogen and oxygen atoms in total. The molecule has 0 spiro atoms. The van der Waals surface area contributed by atoms with E-state index in [-0.39, 0.29) is 16.2 Å². The van der Waals surface area contributed by atoms with Crippen molar-refractivity contribution >= 4 is 21.7 Å². The zero-order valence-corrected chi connectivity index (χ0v) is 12.8. The number of aryl methyl sites for hydroxylation is 1. The zero-order valence-electron chi connectivity index (χ0n) is 12.0. The van der Waals surface area contributed by atoms with E-state index in [1.54, 1.807) is 18.3 Å². The lowest BCUT2D eigenvalue weighted by molar-refractivity contribution is 0.102. The molecule has 0 atom stereocenters. The molecule has 116 valence electrons. The summed E-state index contributed by atoms with van der Waals surface area (Å²) in [6, 6.07) is 7.24. The SMILES string of the molecule is COc1ccc(S(N)(=O)=O)cc1C(=O)Nc1ccc(C)cn1. The number of anilines is 1. The Hall–Kier alpha value is -2.45. The molecule has 0 radical (unpaired) electrons. The molecular formula is C14H15N3O4S. The molecule has 1 amide bonds. The second-order valence-electron chi connectivity index (χ2n) is 4.58. The Kier molecular flexibility index (Phi) is 4.43. The first-order valence-electron chi connectivity index (χ1n) is 6.26. The molecule has 22 heavy (non-hydrogen) atoms. The van der Waals surface area contributed by atoms with E-state index >= 15 is 0 Å². The van der Waals surface area contributed by atoms with Gasteiger partial charge in [-0.2, -0.15) is 0 Å². The van der Waals surface area contributed by atoms with E-state index in [1.807, 2.05) is 6.92 Å². The number of primary sulfonamides is 1. The van der Waals surface area contributed by atoms with Crippen molar-refractivity contribution in [3.05, 3.63) is 47.7 Å². The number of hydrogen-bond donors (Lipinski definition) is 2. The number of nitrogens with two attached hydrogens (primary N) is 1. The van der Waals surface area contributed by atoms with E-state index in [2.05, 4.69) is 10.3 Å². The fourth-order valence-electron chi connectivity index (χ4n) is 1.77. The van der Waals surface area contributed by atoms with Crippen LogP contribution in [0.4, 0.5) is 5.82 Å². The lowest BCUT2D eigenvalue weighted by atomic mass is 10.2. The van der Waals surface area contributed by atoms with Gasteiger partial charge in [-0.05, 0) is 36.8 Å². The van der Waals surface area contributed by atoms with E-state index in [1.165, 1.54) is 19.2 Å². The summed E-state index contributed by atoms with van der Waals surface area (Å²) in [5, 5.41) is 7.65. The van der Waals surface area contributed by atoms with E-state index < -0.39 is 15.9 Å². The van der Waals surface area contributed by atoms with Gasteiger partial charge in [-0.3, -0.25) is 4.79 Å². The quantitative estimate of drug-likeness (QED) is 0.881. The molecule has 0 aliphatic carbocycles. The maximum absolute atomic E-state index is 12.3. The van der Waals surface area contributed by atoms with Gasteiger partial charge in [-0.15, -0.1) is 0 Å². The number of aromatic nitrogens is 1. The van der Waals surface area contributed by atoms with Gasteiger partial charge in [-0.25, -0.2) is 18.5 Å². The highest BCUT2D eigenvalue weighted by Crippen LogP contribution is 2.23. The Balaban J connectivity index is 2.37. The van der Waals surface area contributed by atoms with Crippen LogP contribution in [0.1, 0.15) is 15.9 Å². The number of carbonyl (C=O) groups excluding carboxylic acids is 1. The van der Waals surface area contributed by atoms with Crippen LogP contribution < -0.4 is 15.2 Å². The van der Waals surface area contributed by atoms with Crippen LogP contribution in [0.5, 0.6) is 5.75 Å². The summed E-state index contributed by atoms with van der Waals surface area (Å²) in [6.07, 6.45) is 1.60. The van der Waals surface area contributed by atoms with Crippen LogP contribution in [0.15, 0.2) is 41.4 Å². The highest BCUT2D eigenvalue weighted by molar-refractivity contribution is 7.89. The standard InChI is InChI=1S/C14H15N3O4S/c1-9-3-6-13(16-8-9)17-14(18)11-7-10(22(15,19)20)4-5-12(11)21-2/h3-8H,1-2H3,(H2,15,19,20)(H,16,17,18). The summed E-state index contributed by atoms with van der Waals surface area (Å²) >= 11 is 0. The second kappa shape index (κ2) is 6.12. The lowest BCUT2D eigenvalue weighted by Gasteiger charge is -2.10. The van der Waals surface area contributed by atoms with Crippen molar-refractivity contribution in [2.24, 2.45) is 5.14 Å². The van der Waals surface area contributed by atoms with Crippen LogP contribution in [0.2, 0.25) is 0 Å². The smallest absolute Gasteiger partial charge is 0.260 e. The summed E-state index contributed by atoms with van der Waals surface area (Å²) in [7, 11) is -2.53. The number of carbonyl (C=O) groups is 1. The summed E-state index contributed by atoms with van der Waals surface area (Å²) in [4.78, 5) is 16.2. The van der Waals surface area contributed by atoms with Crippen molar-refractivity contribution in [2.75, 3.05) is 12.4 Å². The molecule has 0 bridgehead atoms. The van der Waals surface area contributed by atoms with E-state index in [4.69, 9.17) is 9.88 Å². The Morgan fingerprint density at radius 1 is 1.27 bits per heavy atom. The molecule has 1 aromatic heterocycles. The number of pyridine rings is 1. The monoisotopic (exact) mass is 321 g/mol. The largest absolute Gasteiger partial charge is 0.496 e. The first-order valence-corrected chi connectivity index (χ1v) is 7.81. The molecular weight excluding hydrogens is 306 g/mol. The van der Waals surface area contributed by atoms with E-state index in [0.29, 0.717) is 5.82 Å². The molecule has 1 aromatic carbocycles. The number of nitrogens with one attached hydrogen (secondary N) is 1. The Labute approximate surface area is 128 Å². The predicted molar refractivity (Wildman–Crippen MR) is 81.3 cm³/mol. The van der Waals surface area contributed by atoms with Gasteiger partial charge in [0.1, 0.15) is 11.6 Å². The number of rotatable bonds is 4. The number of sulfonamides is 1. The van der Waals surface area contributed by atoms with Crippen molar-refractivity contribution in [3.8, 4) is 5.75 Å². The first kappa shape index (κ1) is 15.9. The van der Waals surface area contributed by atoms with Crippen LogP contribution in [0, 0.1) is 6.92 Å². The number of nitrogens with zero attached hydrogens (tertiary/aromatic N) is 1. The maximum Gasteiger partial charge on any atom is 0.260 e. The molecule has 0 saturated heterocycles. The van der Waals surface area contributed by atoms with Gasteiger partial charge in [0.15, 0.2) is 0 Å². The van der Waals surface area contributed by atoms with Crippen molar-refractivity contribution in [2.45, 2.75) is 11.8 Å². The highest BCUT2D eigenvalue weighted by Gasteiger charge is 2.17. The fourth-order valence-corrected chi connectivity index (χ4v) is 2.31. The predicted octanol–water partition coefficient (Wildman–Crippen LogP) is 1.30. The highest BCUT2D eigenvalue weighted by atomic mass is 32.2. The topological polar surface area (TPSA) is 111 Å². The Morgan fingerprint density at radius 3 is 2.55 bits per heavy atom. The molecule has 0 unspecified atom stereocenters. The van der Waals surface area contributed by atoms with Gasteiger partial charge in [0.25, 0.3) is 5.91 Å². The number of ether oxygens (including phenoxy) is 1. The van der Waals surface area contributed by atoms with E-state index in [9.17, 15) is 13.2 Å². The lowest BCUT2D eigenvalue weighted by Crippen LogP contribution is -2.17. The Bertz CT molecular complexity index is 801. The number of methoxy groups -OCH3 is 1. The summed E-state index contributed by atoms with van der Waals surface area (Å²) < 4.78 is 27.9. The molecule has 0 saturated carbocycles. The summed E-state index contributed by atoms with van der Waals surface area (Å²) in [5.74, 6) is 0.0365. The minimum absolute atomic E-state index is 0.0522. The van der Waals surface area contributed by atoms with Crippen molar-refractivity contribution in [1.82, 2.24) is 4.98 Å². The number of benzene rings is 1. The molecule has 1 heterocycles. The molecule has 3 N–H and O–H groups in total. The fraction of sp³-hybridized carbons (Fsp3) is 0.143. The molecule has 0 aliphatic heterocycles. The molecule has 0 fully saturated rings. The van der Waals surface area contributed by atoms with Gasteiger partial charge in [-0.1, -0.05) is 6.07 Å². The van der Waals surface area contributed by atoms with Crippen molar-refractivity contribution < 1.29 is 17.9 Å². The normalized spacial score (nSPS) is 11.0. The molecule has 2 rings (SSSR count). The van der Waals surface area contributed by atoms with E-state index in [0.717, 1.165) is 11.6 Å². The minimum Gasteiger partial charge on any atom is -0.496 e. The number of amides is 1. The second-order valence-corrected chi connectivity index (χ2v) is 6.14. The third kappa shape index (κ3) is 3.60. The minimum atomic E-state index is -3.91. The third-order valence-electron chi connectivity index (χ3n) is 2.90. The van der Waals surface area contributed by atoms with Crippen LogP contribution in [0.25, 0.3) is 0 Å². The van der Waals surface area contributed by atoms with Gasteiger partial charge >= 0.3 is 0 Å². The van der Waals surface area contributed by atoms with Crippen molar-refractivity contribution in [1.29, 1.82) is 0 Å². The molecule has 8 heteroatoms. The maximum atomic E-state index is 12.3. The van der Waals surface area contributed by atoms with Crippen LogP contribution in [0.3, 0.4) is 0 Å². The van der Waals surface area contributed by atoms with Gasteiger partial charge < -0.3 is 10.1 Å². The molecule has 2 aromatic rings. The van der Waals surface area contributed by atoms with Gasteiger partial charge in [0.05, 0.1) is 17.6 Å². The van der Waals surface area contributed by atoms with Crippen LogP contribution >= 0.6 is 0 Å². The summed E-state index contributed by atoms with van der Waals surface area (Å²) in [5.41, 5.74) is 1.00. The first-order chi connectivity index (χ1) is 10.3. The molecule has 0 aliphatic rings. The average molecular weight is 321 g/mol. The van der Waals surface area contributed by atoms with Crippen molar-refractivity contribution in [3.63, 3.8) is 0 Å². The summed E-state index contributed by atoms with van der Waals surface area (Å²) in [6.45, 7) is 1.87. The van der Waals surface area contributed by atoms with Crippen LogP contribution in [-0.2, 0) is 10.0 Å². The average Bonchev–Trinajstić information content (AvgIpc) is 2.48. The van der Waals surface area contributed by atoms with Crippen LogP contribution in [-0.4, -0.2) is 26.4 Å². The zero-order chi connectivity index (χ0) is 16.3.